The largest absolute Gasteiger partial charge is 0.281 e. The van der Waals surface area contributed by atoms with Crippen LogP contribution in [0.15, 0.2) is 32.0 Å². The second-order valence-electron chi connectivity index (χ2n) is 4.38. The van der Waals surface area contributed by atoms with Crippen molar-refractivity contribution in [2.24, 2.45) is 0 Å². The highest BCUT2D eigenvalue weighted by atomic mass is 79.9. The van der Waals surface area contributed by atoms with E-state index < -0.39 is 15.6 Å². The van der Waals surface area contributed by atoms with E-state index >= 15 is 0 Å². The molecule has 0 aliphatic carbocycles. The maximum atomic E-state index is 12.0. The van der Waals surface area contributed by atoms with Crippen LogP contribution in [0.4, 0.5) is 0 Å². The van der Waals surface area contributed by atoms with Crippen molar-refractivity contribution in [2.75, 3.05) is 0 Å². The molecule has 0 saturated heterocycles. The maximum absolute atomic E-state index is 12.0. The molecule has 96 valence electrons. The van der Waals surface area contributed by atoms with Gasteiger partial charge in [0, 0.05) is 8.95 Å². The van der Waals surface area contributed by atoms with Gasteiger partial charge in [0.2, 0.25) is 0 Å². The molecule has 0 saturated carbocycles. The summed E-state index contributed by atoms with van der Waals surface area (Å²) in [6, 6.07) is 4.89. The fraction of sp³-hybridized carbons (Fsp3) is 0.400. The topological polar surface area (TPSA) is 55.4 Å². The van der Waals surface area contributed by atoms with Crippen molar-refractivity contribution in [3.05, 3.63) is 27.1 Å². The predicted octanol–water partition coefficient (Wildman–Crippen LogP) is 3.22. The van der Waals surface area contributed by atoms with E-state index in [9.17, 15) is 8.42 Å². The summed E-state index contributed by atoms with van der Waals surface area (Å²) in [5, 5.41) is 0. The highest BCUT2D eigenvalue weighted by Gasteiger charge is 2.21. The van der Waals surface area contributed by atoms with Crippen LogP contribution < -0.4 is 4.89 Å². The first-order chi connectivity index (χ1) is 7.62. The third kappa shape index (κ3) is 4.67. The summed E-state index contributed by atoms with van der Waals surface area (Å²) in [5.41, 5.74) is -0.592. The molecule has 0 bridgehead atoms. The summed E-state index contributed by atoms with van der Waals surface area (Å²) in [4.78, 5) is 7.30. The highest BCUT2D eigenvalue weighted by molar-refractivity contribution is 9.11. The van der Waals surface area contributed by atoms with Gasteiger partial charge in [0.1, 0.15) is 0 Å². The summed E-state index contributed by atoms with van der Waals surface area (Å²) < 4.78 is 25.1. The number of sulfonamides is 1. The van der Waals surface area contributed by atoms with Crippen LogP contribution in [0, 0.1) is 0 Å². The van der Waals surface area contributed by atoms with E-state index in [1.165, 1.54) is 6.07 Å². The number of benzene rings is 1. The van der Waals surface area contributed by atoms with E-state index in [-0.39, 0.29) is 4.90 Å². The molecule has 0 spiro atoms. The average Bonchev–Trinajstić information content (AvgIpc) is 2.18. The lowest BCUT2D eigenvalue weighted by molar-refractivity contribution is -0.0357. The van der Waals surface area contributed by atoms with E-state index in [4.69, 9.17) is 4.84 Å². The molecule has 0 fully saturated rings. The Labute approximate surface area is 118 Å². The molecule has 0 aliphatic heterocycles. The second kappa shape index (κ2) is 5.36. The van der Waals surface area contributed by atoms with Crippen molar-refractivity contribution in [3.63, 3.8) is 0 Å². The van der Waals surface area contributed by atoms with Gasteiger partial charge in [-0.05, 0) is 54.9 Å². The molecule has 0 unspecified atom stereocenters. The molecule has 1 rings (SSSR count). The molecule has 0 aliphatic rings. The van der Waals surface area contributed by atoms with Gasteiger partial charge in [-0.1, -0.05) is 20.8 Å². The Morgan fingerprint density at radius 2 is 1.82 bits per heavy atom. The van der Waals surface area contributed by atoms with E-state index in [0.717, 1.165) is 0 Å². The van der Waals surface area contributed by atoms with Crippen LogP contribution in [0.1, 0.15) is 20.8 Å². The van der Waals surface area contributed by atoms with Gasteiger partial charge in [0.05, 0.1) is 10.5 Å². The number of hydrogen-bond acceptors (Lipinski definition) is 3. The standard InChI is InChI=1S/C10H13Br2NO3S/c1-10(2,3)16-13-17(14,15)9-6-7(11)4-5-8(9)12/h4-6,13H,1-3H3. The summed E-state index contributed by atoms with van der Waals surface area (Å²) in [6.07, 6.45) is 0. The molecule has 0 aromatic heterocycles. The Bertz CT molecular complexity index is 509. The van der Waals surface area contributed by atoms with Gasteiger partial charge in [-0.15, -0.1) is 0 Å². The number of rotatable bonds is 3. The van der Waals surface area contributed by atoms with Crippen LogP contribution in [0.2, 0.25) is 0 Å². The van der Waals surface area contributed by atoms with Gasteiger partial charge in [0.25, 0.3) is 10.0 Å². The zero-order chi connectivity index (χ0) is 13.3. The maximum Gasteiger partial charge on any atom is 0.263 e. The predicted molar refractivity (Wildman–Crippen MR) is 73.0 cm³/mol. The van der Waals surface area contributed by atoms with E-state index in [2.05, 4.69) is 36.7 Å². The van der Waals surface area contributed by atoms with E-state index in [1.54, 1.807) is 32.9 Å². The molecule has 0 amide bonds. The molecule has 1 aromatic rings. The minimum absolute atomic E-state index is 0.121. The van der Waals surface area contributed by atoms with Gasteiger partial charge in [0.15, 0.2) is 0 Å². The monoisotopic (exact) mass is 385 g/mol. The van der Waals surface area contributed by atoms with Crippen molar-refractivity contribution in [2.45, 2.75) is 31.3 Å². The Morgan fingerprint density at radius 1 is 1.24 bits per heavy atom. The Kier molecular flexibility index (Phi) is 4.76. The van der Waals surface area contributed by atoms with Gasteiger partial charge in [-0.25, -0.2) is 8.42 Å². The van der Waals surface area contributed by atoms with Gasteiger partial charge in [-0.2, -0.15) is 0 Å². The van der Waals surface area contributed by atoms with Gasteiger partial charge in [-0.3, -0.25) is 4.84 Å². The zero-order valence-corrected chi connectivity index (χ0v) is 13.6. The molecule has 0 radical (unpaired) electrons. The molecule has 0 heterocycles. The number of hydrogen-bond donors (Lipinski definition) is 1. The smallest absolute Gasteiger partial charge is 0.263 e. The van der Waals surface area contributed by atoms with Crippen LogP contribution in [0.5, 0.6) is 0 Å². The first kappa shape index (κ1) is 15.1. The minimum atomic E-state index is -3.70. The first-order valence-electron chi connectivity index (χ1n) is 4.77. The lowest BCUT2D eigenvalue weighted by atomic mass is 10.2. The Balaban J connectivity index is 3.02. The van der Waals surface area contributed by atoms with Gasteiger partial charge < -0.3 is 0 Å². The van der Waals surface area contributed by atoms with Crippen molar-refractivity contribution in [1.29, 1.82) is 0 Å². The molecule has 1 aromatic carbocycles. The van der Waals surface area contributed by atoms with Crippen LogP contribution in [-0.2, 0) is 14.9 Å². The summed E-state index contributed by atoms with van der Waals surface area (Å²) in [6.45, 7) is 5.27. The van der Waals surface area contributed by atoms with Crippen molar-refractivity contribution in [3.8, 4) is 0 Å². The third-order valence-corrected chi connectivity index (χ3v) is 4.31. The molecule has 0 atom stereocenters. The minimum Gasteiger partial charge on any atom is -0.281 e. The zero-order valence-electron chi connectivity index (χ0n) is 9.62. The van der Waals surface area contributed by atoms with Crippen LogP contribution in [0.25, 0.3) is 0 Å². The highest BCUT2D eigenvalue weighted by Crippen LogP contribution is 2.25. The van der Waals surface area contributed by atoms with E-state index in [1.807, 2.05) is 0 Å². The normalized spacial score (nSPS) is 12.8. The fourth-order valence-corrected chi connectivity index (χ4v) is 3.36. The lowest BCUT2D eigenvalue weighted by Crippen LogP contribution is -2.33. The van der Waals surface area contributed by atoms with Crippen LogP contribution >= 0.6 is 31.9 Å². The fourth-order valence-electron chi connectivity index (χ4n) is 0.908. The lowest BCUT2D eigenvalue weighted by Gasteiger charge is -2.19. The van der Waals surface area contributed by atoms with E-state index in [0.29, 0.717) is 8.95 Å². The third-order valence-electron chi connectivity index (χ3n) is 1.64. The van der Waals surface area contributed by atoms with Crippen molar-refractivity contribution < 1.29 is 13.3 Å². The van der Waals surface area contributed by atoms with Crippen molar-refractivity contribution in [1.82, 2.24) is 4.89 Å². The first-order valence-corrected chi connectivity index (χ1v) is 7.83. The molecular formula is C10H13Br2NO3S. The molecule has 7 heteroatoms. The summed E-state index contributed by atoms with van der Waals surface area (Å²) in [7, 11) is -3.70. The van der Waals surface area contributed by atoms with Crippen LogP contribution in [-0.4, -0.2) is 14.0 Å². The van der Waals surface area contributed by atoms with Gasteiger partial charge >= 0.3 is 0 Å². The molecule has 17 heavy (non-hydrogen) atoms. The van der Waals surface area contributed by atoms with Crippen molar-refractivity contribution >= 4 is 41.9 Å². The van der Waals surface area contributed by atoms with Crippen LogP contribution in [0.3, 0.4) is 0 Å². The summed E-state index contributed by atoms with van der Waals surface area (Å²) >= 11 is 6.42. The molecule has 1 N–H and O–H groups in total. The summed E-state index contributed by atoms with van der Waals surface area (Å²) in [5.74, 6) is 0. The number of halogens is 2. The second-order valence-corrected chi connectivity index (χ2v) is 7.76. The molecular weight excluding hydrogens is 374 g/mol. The molecule has 4 nitrogen and oxygen atoms in total. The Hall–Kier alpha value is 0.0500. The quantitative estimate of drug-likeness (QED) is 0.811. The average molecular weight is 387 g/mol. The SMILES string of the molecule is CC(C)(C)ONS(=O)(=O)c1cc(Br)ccc1Br. The Morgan fingerprint density at radius 3 is 2.35 bits per heavy atom. The number of nitrogens with one attached hydrogen (secondary N) is 1.